The SMILES string of the molecule is CCOCCC1(CNC(=NC)NC2CC=CC2)CC1.I. The third kappa shape index (κ3) is 5.60. The number of nitrogens with zero attached hydrogens (tertiary/aromatic N) is 1. The molecule has 0 saturated heterocycles. The van der Waals surface area contributed by atoms with Gasteiger partial charge in [-0.15, -0.1) is 24.0 Å². The Labute approximate surface area is 139 Å². The predicted octanol–water partition coefficient (Wildman–Crippen LogP) is 2.69. The summed E-state index contributed by atoms with van der Waals surface area (Å²) in [5.41, 5.74) is 0.459. The second-order valence-corrected chi connectivity index (χ2v) is 5.66. The van der Waals surface area contributed by atoms with Crippen molar-refractivity contribution in [3.05, 3.63) is 12.2 Å². The average Bonchev–Trinajstić information content (AvgIpc) is 3.00. The van der Waals surface area contributed by atoms with E-state index in [9.17, 15) is 0 Å². The molecule has 20 heavy (non-hydrogen) atoms. The van der Waals surface area contributed by atoms with Crippen molar-refractivity contribution in [2.75, 3.05) is 26.8 Å². The molecule has 0 aromatic rings. The first-order valence-electron chi connectivity index (χ1n) is 7.48. The van der Waals surface area contributed by atoms with Gasteiger partial charge in [-0.25, -0.2) is 0 Å². The van der Waals surface area contributed by atoms with Gasteiger partial charge in [0.2, 0.25) is 0 Å². The fourth-order valence-corrected chi connectivity index (χ4v) is 2.52. The Balaban J connectivity index is 0.00000200. The first-order valence-corrected chi connectivity index (χ1v) is 7.48. The zero-order chi connectivity index (χ0) is 13.6. The lowest BCUT2D eigenvalue weighted by molar-refractivity contribution is 0.128. The van der Waals surface area contributed by atoms with E-state index in [0.29, 0.717) is 11.5 Å². The maximum Gasteiger partial charge on any atom is 0.191 e. The molecular formula is C15H28IN3O. The lowest BCUT2D eigenvalue weighted by Crippen LogP contribution is -2.44. The molecule has 4 nitrogen and oxygen atoms in total. The molecule has 0 amide bonds. The molecule has 0 aromatic carbocycles. The van der Waals surface area contributed by atoms with Gasteiger partial charge in [0.05, 0.1) is 0 Å². The Kier molecular flexibility index (Phi) is 7.87. The molecule has 0 radical (unpaired) electrons. The molecule has 0 aliphatic heterocycles. The molecule has 0 heterocycles. The fourth-order valence-electron chi connectivity index (χ4n) is 2.52. The Morgan fingerprint density at radius 2 is 2.05 bits per heavy atom. The summed E-state index contributed by atoms with van der Waals surface area (Å²) in [6.07, 6.45) is 10.5. The van der Waals surface area contributed by atoms with Crippen molar-refractivity contribution in [3.8, 4) is 0 Å². The smallest absolute Gasteiger partial charge is 0.191 e. The van der Waals surface area contributed by atoms with Crippen LogP contribution in [-0.4, -0.2) is 38.8 Å². The number of hydrogen-bond donors (Lipinski definition) is 2. The van der Waals surface area contributed by atoms with Crippen LogP contribution in [0.25, 0.3) is 0 Å². The number of ether oxygens (including phenoxy) is 1. The summed E-state index contributed by atoms with van der Waals surface area (Å²) in [6, 6.07) is 0.518. The molecule has 0 spiro atoms. The second-order valence-electron chi connectivity index (χ2n) is 5.66. The molecule has 2 aliphatic carbocycles. The van der Waals surface area contributed by atoms with Crippen LogP contribution in [0.5, 0.6) is 0 Å². The molecule has 1 saturated carbocycles. The zero-order valence-electron chi connectivity index (χ0n) is 12.7. The van der Waals surface area contributed by atoms with Crippen LogP contribution in [0.4, 0.5) is 0 Å². The largest absolute Gasteiger partial charge is 0.382 e. The van der Waals surface area contributed by atoms with Gasteiger partial charge in [-0.05, 0) is 44.4 Å². The number of aliphatic imine (C=N–C) groups is 1. The Bertz CT molecular complexity index is 332. The summed E-state index contributed by atoms with van der Waals surface area (Å²) < 4.78 is 5.47. The van der Waals surface area contributed by atoms with Gasteiger partial charge in [0.1, 0.15) is 0 Å². The fraction of sp³-hybridized carbons (Fsp3) is 0.800. The Hall–Kier alpha value is -0.300. The molecule has 0 aromatic heterocycles. The lowest BCUT2D eigenvalue weighted by atomic mass is 10.0. The Morgan fingerprint density at radius 1 is 1.35 bits per heavy atom. The van der Waals surface area contributed by atoms with E-state index in [0.717, 1.165) is 45.0 Å². The van der Waals surface area contributed by atoms with Gasteiger partial charge in [0.25, 0.3) is 0 Å². The van der Waals surface area contributed by atoms with Crippen molar-refractivity contribution >= 4 is 29.9 Å². The lowest BCUT2D eigenvalue weighted by Gasteiger charge is -2.20. The van der Waals surface area contributed by atoms with E-state index >= 15 is 0 Å². The van der Waals surface area contributed by atoms with Gasteiger partial charge in [0.15, 0.2) is 5.96 Å². The van der Waals surface area contributed by atoms with Crippen molar-refractivity contribution < 1.29 is 4.74 Å². The summed E-state index contributed by atoms with van der Waals surface area (Å²) in [5, 5.41) is 6.96. The molecule has 2 aliphatic rings. The molecule has 2 N–H and O–H groups in total. The maximum atomic E-state index is 5.47. The second kappa shape index (κ2) is 8.87. The van der Waals surface area contributed by atoms with Gasteiger partial charge in [0, 0.05) is 32.8 Å². The van der Waals surface area contributed by atoms with Crippen molar-refractivity contribution in [1.82, 2.24) is 10.6 Å². The molecule has 116 valence electrons. The van der Waals surface area contributed by atoms with Crippen molar-refractivity contribution in [3.63, 3.8) is 0 Å². The van der Waals surface area contributed by atoms with Crippen LogP contribution in [0.1, 0.15) is 39.0 Å². The molecule has 1 fully saturated rings. The minimum atomic E-state index is 0. The molecule has 0 atom stereocenters. The van der Waals surface area contributed by atoms with Crippen LogP contribution >= 0.6 is 24.0 Å². The van der Waals surface area contributed by atoms with E-state index in [2.05, 4.69) is 34.7 Å². The third-order valence-electron chi connectivity index (χ3n) is 4.14. The first-order chi connectivity index (χ1) is 9.28. The van der Waals surface area contributed by atoms with Gasteiger partial charge in [-0.1, -0.05) is 12.2 Å². The standard InChI is InChI=1S/C15H27N3O.HI/c1-3-19-11-10-15(8-9-15)12-17-14(16-2)18-13-6-4-5-7-13;/h4-5,13H,3,6-12H2,1-2H3,(H2,16,17,18);1H. The van der Waals surface area contributed by atoms with Gasteiger partial charge >= 0.3 is 0 Å². The van der Waals surface area contributed by atoms with Crippen molar-refractivity contribution in [1.29, 1.82) is 0 Å². The van der Waals surface area contributed by atoms with Crippen LogP contribution in [0, 0.1) is 5.41 Å². The minimum absolute atomic E-state index is 0. The Morgan fingerprint density at radius 3 is 2.60 bits per heavy atom. The van der Waals surface area contributed by atoms with E-state index < -0.39 is 0 Å². The highest BCUT2D eigenvalue weighted by Gasteiger charge is 2.42. The van der Waals surface area contributed by atoms with E-state index in [1.165, 1.54) is 12.8 Å². The highest BCUT2D eigenvalue weighted by molar-refractivity contribution is 14.0. The maximum absolute atomic E-state index is 5.47. The highest BCUT2D eigenvalue weighted by atomic mass is 127. The van der Waals surface area contributed by atoms with Gasteiger partial charge in [-0.2, -0.15) is 0 Å². The zero-order valence-corrected chi connectivity index (χ0v) is 15.0. The highest BCUT2D eigenvalue weighted by Crippen LogP contribution is 2.48. The summed E-state index contributed by atoms with van der Waals surface area (Å²) in [4.78, 5) is 4.31. The minimum Gasteiger partial charge on any atom is -0.382 e. The van der Waals surface area contributed by atoms with Crippen LogP contribution in [0.2, 0.25) is 0 Å². The summed E-state index contributed by atoms with van der Waals surface area (Å²) in [7, 11) is 1.84. The first kappa shape index (κ1) is 17.8. The van der Waals surface area contributed by atoms with E-state index in [-0.39, 0.29) is 24.0 Å². The number of hydrogen-bond acceptors (Lipinski definition) is 2. The molecule has 2 rings (SSSR count). The van der Waals surface area contributed by atoms with Gasteiger partial charge in [-0.3, -0.25) is 4.99 Å². The summed E-state index contributed by atoms with van der Waals surface area (Å²) in [5.74, 6) is 0.941. The normalized spacial score (nSPS) is 20.6. The molecule has 5 heteroatoms. The van der Waals surface area contributed by atoms with Crippen molar-refractivity contribution in [2.24, 2.45) is 10.4 Å². The summed E-state index contributed by atoms with van der Waals surface area (Å²) in [6.45, 7) is 4.78. The molecule has 0 bridgehead atoms. The monoisotopic (exact) mass is 393 g/mol. The quantitative estimate of drug-likeness (QED) is 0.230. The number of nitrogens with one attached hydrogen (secondary N) is 2. The topological polar surface area (TPSA) is 45.6 Å². The van der Waals surface area contributed by atoms with Crippen LogP contribution in [0.3, 0.4) is 0 Å². The van der Waals surface area contributed by atoms with Crippen molar-refractivity contribution in [2.45, 2.75) is 45.1 Å². The number of guanidine groups is 1. The van der Waals surface area contributed by atoms with E-state index in [4.69, 9.17) is 4.74 Å². The molecule has 0 unspecified atom stereocenters. The van der Waals surface area contributed by atoms with Gasteiger partial charge < -0.3 is 15.4 Å². The average molecular weight is 393 g/mol. The number of rotatable bonds is 7. The third-order valence-corrected chi connectivity index (χ3v) is 4.14. The van der Waals surface area contributed by atoms with E-state index in [1.54, 1.807) is 0 Å². The van der Waals surface area contributed by atoms with Crippen LogP contribution in [0.15, 0.2) is 17.1 Å². The summed E-state index contributed by atoms with van der Waals surface area (Å²) >= 11 is 0. The predicted molar refractivity (Wildman–Crippen MR) is 94.9 cm³/mol. The molecular weight excluding hydrogens is 365 g/mol. The number of halogens is 1. The van der Waals surface area contributed by atoms with Crippen LogP contribution < -0.4 is 10.6 Å². The van der Waals surface area contributed by atoms with E-state index in [1.807, 2.05) is 7.05 Å². The van der Waals surface area contributed by atoms with Crippen LogP contribution in [-0.2, 0) is 4.74 Å².